The number of aromatic nitrogens is 1. The first-order valence-corrected chi connectivity index (χ1v) is 9.09. The topological polar surface area (TPSA) is 45.7 Å². The van der Waals surface area contributed by atoms with E-state index in [1.165, 1.54) is 5.56 Å². The fourth-order valence-corrected chi connectivity index (χ4v) is 3.41. The van der Waals surface area contributed by atoms with Gasteiger partial charge in [-0.3, -0.25) is 9.69 Å². The fourth-order valence-electron chi connectivity index (χ4n) is 2.72. The number of amides is 1. The maximum Gasteiger partial charge on any atom is 0.219 e. The first-order chi connectivity index (χ1) is 11.6. The van der Waals surface area contributed by atoms with Crippen LogP contribution in [-0.4, -0.2) is 46.9 Å². The zero-order chi connectivity index (χ0) is 16.9. The molecule has 1 aliphatic heterocycles. The molecular formula is C18H23N3O2S. The van der Waals surface area contributed by atoms with Crippen molar-refractivity contribution in [1.82, 2.24) is 14.8 Å². The second-order valence-corrected chi connectivity index (χ2v) is 7.06. The largest absolute Gasteiger partial charge is 0.486 e. The zero-order valence-corrected chi connectivity index (χ0v) is 15.0. The molecule has 0 bridgehead atoms. The molecule has 0 radical (unpaired) electrons. The Kier molecular flexibility index (Phi) is 5.48. The number of carbonyl (C=O) groups excluding carboxylic acids is 1. The van der Waals surface area contributed by atoms with Gasteiger partial charge in [0.05, 0.1) is 5.69 Å². The van der Waals surface area contributed by atoms with Gasteiger partial charge < -0.3 is 9.64 Å². The average Bonchev–Trinajstić information content (AvgIpc) is 3.02. The summed E-state index contributed by atoms with van der Waals surface area (Å²) in [5.41, 5.74) is 2.31. The Balaban J connectivity index is 1.47. The molecule has 1 amide bonds. The highest BCUT2D eigenvalue weighted by atomic mass is 32.1. The summed E-state index contributed by atoms with van der Waals surface area (Å²) in [4.78, 5) is 20.3. The number of hydrogen-bond acceptors (Lipinski definition) is 5. The van der Waals surface area contributed by atoms with E-state index in [1.54, 1.807) is 18.3 Å². The van der Waals surface area contributed by atoms with Crippen LogP contribution in [0.1, 0.15) is 23.2 Å². The molecule has 6 heteroatoms. The fraction of sp³-hybridized carbons (Fsp3) is 0.444. The number of carbonyl (C=O) groups is 1. The van der Waals surface area contributed by atoms with E-state index in [2.05, 4.69) is 22.2 Å². The van der Waals surface area contributed by atoms with Crippen molar-refractivity contribution in [2.75, 3.05) is 26.2 Å². The lowest BCUT2D eigenvalue weighted by Crippen LogP contribution is -2.47. The Hall–Kier alpha value is -1.92. The number of thiazole rings is 1. The third-order valence-electron chi connectivity index (χ3n) is 4.19. The molecule has 1 aromatic carbocycles. The lowest BCUT2D eigenvalue weighted by atomic mass is 10.2. The normalized spacial score (nSPS) is 15.5. The van der Waals surface area contributed by atoms with E-state index in [0.29, 0.717) is 6.61 Å². The van der Waals surface area contributed by atoms with Crippen molar-refractivity contribution in [3.63, 3.8) is 0 Å². The highest BCUT2D eigenvalue weighted by Gasteiger charge is 2.19. The van der Waals surface area contributed by atoms with Crippen molar-refractivity contribution in [1.29, 1.82) is 0 Å². The second-order valence-electron chi connectivity index (χ2n) is 6.12. The van der Waals surface area contributed by atoms with E-state index in [4.69, 9.17) is 4.74 Å². The van der Waals surface area contributed by atoms with Gasteiger partial charge in [-0.15, -0.1) is 11.3 Å². The molecule has 1 aliphatic rings. The molecule has 0 aliphatic carbocycles. The maximum absolute atomic E-state index is 11.4. The van der Waals surface area contributed by atoms with Gasteiger partial charge in [0, 0.05) is 45.0 Å². The number of nitrogens with zero attached hydrogens (tertiary/aromatic N) is 3. The van der Waals surface area contributed by atoms with E-state index in [0.717, 1.165) is 49.2 Å². The van der Waals surface area contributed by atoms with Crippen molar-refractivity contribution in [2.24, 2.45) is 0 Å². The van der Waals surface area contributed by atoms with Gasteiger partial charge in [0.15, 0.2) is 0 Å². The van der Waals surface area contributed by atoms with E-state index in [1.807, 2.05) is 29.2 Å². The van der Waals surface area contributed by atoms with Gasteiger partial charge in [-0.1, -0.05) is 17.7 Å². The molecule has 2 aromatic rings. The van der Waals surface area contributed by atoms with Crippen LogP contribution in [0.2, 0.25) is 0 Å². The highest BCUT2D eigenvalue weighted by Crippen LogP contribution is 2.17. The Morgan fingerprint density at radius 1 is 1.21 bits per heavy atom. The van der Waals surface area contributed by atoms with Crippen molar-refractivity contribution in [3.8, 4) is 5.75 Å². The molecule has 1 fully saturated rings. The van der Waals surface area contributed by atoms with Crippen molar-refractivity contribution >= 4 is 17.2 Å². The summed E-state index contributed by atoms with van der Waals surface area (Å²) >= 11 is 1.64. The Morgan fingerprint density at radius 3 is 2.58 bits per heavy atom. The molecule has 0 spiro atoms. The van der Waals surface area contributed by atoms with Crippen LogP contribution in [0, 0.1) is 6.92 Å². The summed E-state index contributed by atoms with van der Waals surface area (Å²) < 4.78 is 5.78. The van der Waals surface area contributed by atoms with Gasteiger partial charge in [-0.25, -0.2) is 4.98 Å². The van der Waals surface area contributed by atoms with Crippen molar-refractivity contribution in [3.05, 3.63) is 45.9 Å². The van der Waals surface area contributed by atoms with Gasteiger partial charge in [-0.05, 0) is 19.1 Å². The zero-order valence-electron chi connectivity index (χ0n) is 14.2. The summed E-state index contributed by atoms with van der Waals surface area (Å²) in [5, 5.41) is 3.10. The van der Waals surface area contributed by atoms with E-state index in [9.17, 15) is 4.79 Å². The van der Waals surface area contributed by atoms with E-state index < -0.39 is 0 Å². The summed E-state index contributed by atoms with van der Waals surface area (Å²) in [7, 11) is 0. The number of piperazine rings is 1. The molecule has 1 aromatic heterocycles. The van der Waals surface area contributed by atoms with Crippen LogP contribution in [0.15, 0.2) is 29.6 Å². The minimum absolute atomic E-state index is 0.166. The van der Waals surface area contributed by atoms with Gasteiger partial charge in [-0.2, -0.15) is 0 Å². The first kappa shape index (κ1) is 16.9. The van der Waals surface area contributed by atoms with Gasteiger partial charge in [0.25, 0.3) is 0 Å². The third-order valence-corrected chi connectivity index (χ3v) is 5.06. The minimum atomic E-state index is 0.166. The monoisotopic (exact) mass is 345 g/mol. The molecule has 3 rings (SSSR count). The summed E-state index contributed by atoms with van der Waals surface area (Å²) in [5.74, 6) is 1.04. The lowest BCUT2D eigenvalue weighted by molar-refractivity contribution is -0.130. The SMILES string of the molecule is CC(=O)N1CCN(Cc2csc(COc3ccc(C)cc3)n2)CC1. The van der Waals surface area contributed by atoms with Crippen LogP contribution in [0.25, 0.3) is 0 Å². The Labute approximate surface area is 146 Å². The highest BCUT2D eigenvalue weighted by molar-refractivity contribution is 7.09. The quantitative estimate of drug-likeness (QED) is 0.836. The molecule has 0 saturated carbocycles. The van der Waals surface area contributed by atoms with Crippen LogP contribution >= 0.6 is 11.3 Å². The minimum Gasteiger partial charge on any atom is -0.486 e. The summed E-state index contributed by atoms with van der Waals surface area (Å²) in [6.07, 6.45) is 0. The molecule has 1 saturated heterocycles. The number of rotatable bonds is 5. The van der Waals surface area contributed by atoms with Crippen LogP contribution in [0.3, 0.4) is 0 Å². The smallest absolute Gasteiger partial charge is 0.219 e. The molecule has 0 atom stereocenters. The van der Waals surface area contributed by atoms with Crippen molar-refractivity contribution in [2.45, 2.75) is 27.0 Å². The second kappa shape index (κ2) is 7.77. The van der Waals surface area contributed by atoms with E-state index >= 15 is 0 Å². The molecule has 24 heavy (non-hydrogen) atoms. The molecular weight excluding hydrogens is 322 g/mol. The summed E-state index contributed by atoms with van der Waals surface area (Å²) in [6, 6.07) is 8.06. The molecule has 128 valence electrons. The molecule has 2 heterocycles. The third kappa shape index (κ3) is 4.55. The predicted molar refractivity (Wildman–Crippen MR) is 95.2 cm³/mol. The van der Waals surface area contributed by atoms with Gasteiger partial charge in [0.1, 0.15) is 17.4 Å². The van der Waals surface area contributed by atoms with Gasteiger partial charge in [0.2, 0.25) is 5.91 Å². The van der Waals surface area contributed by atoms with Crippen LogP contribution < -0.4 is 4.74 Å². The van der Waals surface area contributed by atoms with Gasteiger partial charge >= 0.3 is 0 Å². The first-order valence-electron chi connectivity index (χ1n) is 8.21. The molecule has 0 unspecified atom stereocenters. The standard InChI is InChI=1S/C18H23N3O2S/c1-14-3-5-17(6-4-14)23-12-18-19-16(13-24-18)11-20-7-9-21(10-8-20)15(2)22/h3-6,13H,7-12H2,1-2H3. The predicted octanol–water partition coefficient (Wildman–Crippen LogP) is 2.69. The maximum atomic E-state index is 11.4. The Morgan fingerprint density at radius 2 is 1.92 bits per heavy atom. The average molecular weight is 345 g/mol. The number of hydrogen-bond donors (Lipinski definition) is 0. The van der Waals surface area contributed by atoms with E-state index in [-0.39, 0.29) is 5.91 Å². The lowest BCUT2D eigenvalue weighted by Gasteiger charge is -2.33. The molecule has 5 nitrogen and oxygen atoms in total. The molecule has 0 N–H and O–H groups in total. The number of aryl methyl sites for hydroxylation is 1. The Bertz CT molecular complexity index is 676. The number of benzene rings is 1. The van der Waals surface area contributed by atoms with Crippen LogP contribution in [-0.2, 0) is 17.9 Å². The summed E-state index contributed by atoms with van der Waals surface area (Å²) in [6.45, 7) is 8.48. The number of ether oxygens (including phenoxy) is 1. The van der Waals surface area contributed by atoms with Crippen LogP contribution in [0.4, 0.5) is 0 Å². The van der Waals surface area contributed by atoms with Crippen molar-refractivity contribution < 1.29 is 9.53 Å². The van der Waals surface area contributed by atoms with Crippen LogP contribution in [0.5, 0.6) is 5.75 Å².